The molecule has 188 valence electrons. The number of carbonyl (C=O) groups is 1. The molecule has 0 atom stereocenters. The number of hydrogen-bond acceptors (Lipinski definition) is 8. The summed E-state index contributed by atoms with van der Waals surface area (Å²) in [6.45, 7) is 5.35. The Morgan fingerprint density at radius 2 is 2.00 bits per heavy atom. The molecule has 0 aliphatic carbocycles. The van der Waals surface area contributed by atoms with Crippen LogP contribution in [-0.2, 0) is 4.79 Å². The minimum atomic E-state index is -0.507. The molecule has 12 heteroatoms. The largest absolute Gasteiger partial charge is 0.352 e. The lowest BCUT2D eigenvalue weighted by Crippen LogP contribution is -2.44. The Morgan fingerprint density at radius 3 is 2.81 bits per heavy atom. The number of rotatable bonds is 5. The summed E-state index contributed by atoms with van der Waals surface area (Å²) in [5.74, 6) is 0.585. The number of aromatic nitrogens is 7. The lowest BCUT2D eigenvalue weighted by Gasteiger charge is -2.33. The third-order valence-electron chi connectivity index (χ3n) is 6.59. The first-order valence-electron chi connectivity index (χ1n) is 12.1. The van der Waals surface area contributed by atoms with Gasteiger partial charge >= 0.3 is 0 Å². The lowest BCUT2D eigenvalue weighted by molar-refractivity contribution is -0.115. The van der Waals surface area contributed by atoms with Crippen LogP contribution in [-0.4, -0.2) is 79.2 Å². The molecule has 0 bridgehead atoms. The molecule has 1 amide bonds. The molecular formula is C25H25FN10O. The number of hydrogen-bond donors (Lipinski definition) is 3. The van der Waals surface area contributed by atoms with E-state index in [1.54, 1.807) is 19.2 Å². The van der Waals surface area contributed by atoms with Crippen LogP contribution in [0.25, 0.3) is 44.7 Å². The maximum Gasteiger partial charge on any atom is 0.224 e. The maximum atomic E-state index is 16.0. The highest BCUT2D eigenvalue weighted by atomic mass is 19.1. The summed E-state index contributed by atoms with van der Waals surface area (Å²) in [5, 5.41) is 10.1. The van der Waals surface area contributed by atoms with Crippen LogP contribution in [0.3, 0.4) is 0 Å². The van der Waals surface area contributed by atoms with Crippen molar-refractivity contribution in [1.82, 2.24) is 40.0 Å². The van der Waals surface area contributed by atoms with Crippen molar-refractivity contribution in [3.05, 3.63) is 42.7 Å². The second-order valence-electron chi connectivity index (χ2n) is 9.05. The van der Waals surface area contributed by atoms with E-state index in [1.165, 1.54) is 18.6 Å². The van der Waals surface area contributed by atoms with Crippen LogP contribution in [0, 0.1) is 5.82 Å². The normalized spacial score (nSPS) is 14.5. The van der Waals surface area contributed by atoms with E-state index in [4.69, 9.17) is 4.98 Å². The van der Waals surface area contributed by atoms with Gasteiger partial charge in [-0.25, -0.2) is 19.3 Å². The van der Waals surface area contributed by atoms with Gasteiger partial charge in [-0.2, -0.15) is 5.10 Å². The molecule has 6 heterocycles. The van der Waals surface area contributed by atoms with Gasteiger partial charge in [0.05, 0.1) is 22.8 Å². The zero-order valence-electron chi connectivity index (χ0n) is 20.4. The Balaban J connectivity index is 1.42. The van der Waals surface area contributed by atoms with Crippen LogP contribution in [0.4, 0.5) is 15.9 Å². The summed E-state index contributed by atoms with van der Waals surface area (Å²) in [7, 11) is 2.10. The Kier molecular flexibility index (Phi) is 5.72. The average Bonchev–Trinajstić information content (AvgIpc) is 3.54. The monoisotopic (exact) mass is 500 g/mol. The van der Waals surface area contributed by atoms with Gasteiger partial charge in [-0.05, 0) is 19.2 Å². The third kappa shape index (κ3) is 4.14. The number of likely N-dealkylation sites (N-methyl/N-ethyl adjacent to an activating group) is 1. The lowest BCUT2D eigenvalue weighted by atomic mass is 10.1. The van der Waals surface area contributed by atoms with E-state index >= 15 is 4.39 Å². The number of carbonyl (C=O) groups excluding carboxylic acids is 1. The topological polar surface area (TPSA) is 132 Å². The molecule has 6 rings (SSSR count). The summed E-state index contributed by atoms with van der Waals surface area (Å²) < 4.78 is 16.0. The van der Waals surface area contributed by atoms with Gasteiger partial charge in [0.1, 0.15) is 17.0 Å². The van der Waals surface area contributed by atoms with Gasteiger partial charge in [0, 0.05) is 62.3 Å². The van der Waals surface area contributed by atoms with Gasteiger partial charge in [0.15, 0.2) is 17.3 Å². The summed E-state index contributed by atoms with van der Waals surface area (Å²) in [4.78, 5) is 37.5. The fourth-order valence-corrected chi connectivity index (χ4v) is 4.52. The summed E-state index contributed by atoms with van der Waals surface area (Å²) in [6, 6.07) is 3.52. The molecule has 1 fully saturated rings. The van der Waals surface area contributed by atoms with Crippen molar-refractivity contribution < 1.29 is 9.18 Å². The number of fused-ring (bicyclic) bond motifs is 2. The van der Waals surface area contributed by atoms with E-state index in [9.17, 15) is 4.79 Å². The van der Waals surface area contributed by atoms with Crippen molar-refractivity contribution in [2.75, 3.05) is 43.4 Å². The van der Waals surface area contributed by atoms with E-state index in [0.717, 1.165) is 43.0 Å². The highest BCUT2D eigenvalue weighted by molar-refractivity contribution is 5.96. The van der Waals surface area contributed by atoms with Crippen molar-refractivity contribution in [1.29, 1.82) is 0 Å². The number of nitrogens with one attached hydrogen (secondary N) is 3. The number of anilines is 2. The van der Waals surface area contributed by atoms with E-state index in [2.05, 4.69) is 52.3 Å². The molecule has 1 aliphatic rings. The van der Waals surface area contributed by atoms with Crippen LogP contribution in [0.1, 0.15) is 13.3 Å². The van der Waals surface area contributed by atoms with Crippen molar-refractivity contribution in [2.24, 2.45) is 0 Å². The molecule has 0 aromatic carbocycles. The number of amides is 1. The second kappa shape index (κ2) is 9.21. The molecule has 3 N–H and O–H groups in total. The van der Waals surface area contributed by atoms with Crippen molar-refractivity contribution in [2.45, 2.75) is 13.3 Å². The second-order valence-corrected chi connectivity index (χ2v) is 9.05. The highest BCUT2D eigenvalue weighted by Crippen LogP contribution is 2.34. The molecule has 0 saturated carbocycles. The van der Waals surface area contributed by atoms with Crippen molar-refractivity contribution >= 4 is 39.5 Å². The van der Waals surface area contributed by atoms with Crippen LogP contribution in [0.5, 0.6) is 0 Å². The predicted octanol–water partition coefficient (Wildman–Crippen LogP) is 3.20. The number of imidazole rings is 1. The van der Waals surface area contributed by atoms with Gasteiger partial charge in [-0.15, -0.1) is 0 Å². The fourth-order valence-electron chi connectivity index (χ4n) is 4.52. The number of pyridine rings is 3. The fraction of sp³-hybridized carbons (Fsp3) is 0.280. The number of aromatic amines is 2. The Bertz CT molecular complexity index is 1620. The molecule has 0 spiro atoms. The van der Waals surface area contributed by atoms with Gasteiger partial charge in [-0.3, -0.25) is 14.9 Å². The summed E-state index contributed by atoms with van der Waals surface area (Å²) in [5.41, 5.74) is 3.36. The van der Waals surface area contributed by atoms with E-state index in [0.29, 0.717) is 29.2 Å². The molecule has 0 unspecified atom stereocenters. The summed E-state index contributed by atoms with van der Waals surface area (Å²) in [6.07, 6.45) is 6.54. The Hall–Kier alpha value is -4.45. The summed E-state index contributed by atoms with van der Waals surface area (Å²) >= 11 is 0. The van der Waals surface area contributed by atoms with Crippen LogP contribution in [0.2, 0.25) is 0 Å². The minimum absolute atomic E-state index is 0.152. The Labute approximate surface area is 211 Å². The molecule has 11 nitrogen and oxygen atoms in total. The van der Waals surface area contributed by atoms with Gasteiger partial charge in [-0.1, -0.05) is 6.92 Å². The van der Waals surface area contributed by atoms with E-state index in [-0.39, 0.29) is 22.5 Å². The number of halogens is 1. The average molecular weight is 501 g/mol. The molecule has 1 saturated heterocycles. The Morgan fingerprint density at radius 1 is 1.16 bits per heavy atom. The highest BCUT2D eigenvalue weighted by Gasteiger charge is 2.23. The van der Waals surface area contributed by atoms with E-state index < -0.39 is 5.82 Å². The van der Waals surface area contributed by atoms with Gasteiger partial charge in [0.25, 0.3) is 0 Å². The third-order valence-corrected chi connectivity index (χ3v) is 6.59. The molecule has 37 heavy (non-hydrogen) atoms. The van der Waals surface area contributed by atoms with Crippen LogP contribution >= 0.6 is 0 Å². The number of H-pyrrole nitrogens is 2. The van der Waals surface area contributed by atoms with Crippen molar-refractivity contribution in [3.8, 4) is 22.6 Å². The predicted molar refractivity (Wildman–Crippen MR) is 139 cm³/mol. The van der Waals surface area contributed by atoms with Crippen LogP contribution in [0.15, 0.2) is 36.9 Å². The van der Waals surface area contributed by atoms with Crippen molar-refractivity contribution in [3.63, 3.8) is 0 Å². The van der Waals surface area contributed by atoms with Crippen LogP contribution < -0.4 is 10.2 Å². The minimum Gasteiger partial charge on any atom is -0.352 e. The standard InChI is InChI=1S/C25H25FN10O/c1-3-18(37)30-15-10-14(11-27-12-15)16-13-29-23-19(20(16)26)22(33-34-23)24-31-17-4-5-28-25(21(17)32-24)36-8-6-35(2)7-9-36/h4-5,10-13H,3,6-9H2,1-2H3,(H,30,37)(H,31,32)(H,29,33,34). The molecular weight excluding hydrogens is 475 g/mol. The molecule has 5 aromatic rings. The van der Waals surface area contributed by atoms with E-state index in [1.807, 2.05) is 6.07 Å². The molecule has 0 radical (unpaired) electrons. The SMILES string of the molecule is CCC(=O)Nc1cncc(-c2cnc3n[nH]c(-c4nc5c(N6CCN(C)CC6)nccc5[nH]4)c3c2F)c1. The van der Waals surface area contributed by atoms with Gasteiger partial charge in [0.2, 0.25) is 5.91 Å². The quantitative estimate of drug-likeness (QED) is 0.335. The first-order chi connectivity index (χ1) is 18.0. The number of nitrogens with zero attached hydrogens (tertiary/aromatic N) is 7. The first kappa shape index (κ1) is 23.0. The zero-order valence-corrected chi connectivity index (χ0v) is 20.4. The van der Waals surface area contributed by atoms with Gasteiger partial charge < -0.3 is 20.1 Å². The molecule has 1 aliphatic heterocycles. The number of piperazine rings is 1. The first-order valence-corrected chi connectivity index (χ1v) is 12.1. The maximum absolute atomic E-state index is 16.0. The smallest absolute Gasteiger partial charge is 0.224 e. The molecule has 5 aromatic heterocycles. The zero-order chi connectivity index (χ0) is 25.5.